The maximum absolute atomic E-state index is 13.8. The molecule has 1 aromatic heterocycles. The van der Waals surface area contributed by atoms with Crippen molar-refractivity contribution in [2.45, 2.75) is 32.0 Å². The maximum Gasteiger partial charge on any atom is 0.453 e. The highest BCUT2D eigenvalue weighted by atomic mass is 19.4. The third-order valence-corrected chi connectivity index (χ3v) is 5.15. The summed E-state index contributed by atoms with van der Waals surface area (Å²) in [6, 6.07) is 10.3. The van der Waals surface area contributed by atoms with E-state index < -0.39 is 23.1 Å². The lowest BCUT2D eigenvalue weighted by Crippen LogP contribution is -2.29. The number of benzene rings is 2. The number of para-hydroxylation sites is 1. The number of ether oxygens (including phenoxy) is 1. The van der Waals surface area contributed by atoms with Crippen LogP contribution in [0.4, 0.5) is 13.2 Å². The van der Waals surface area contributed by atoms with E-state index in [2.05, 4.69) is 0 Å². The van der Waals surface area contributed by atoms with Crippen molar-refractivity contribution in [3.8, 4) is 17.2 Å². The van der Waals surface area contributed by atoms with E-state index in [9.17, 15) is 23.1 Å². The first-order valence-electron chi connectivity index (χ1n) is 9.68. The van der Waals surface area contributed by atoms with Gasteiger partial charge in [-0.15, -0.1) is 0 Å². The molecule has 0 bridgehead atoms. The molecule has 0 unspecified atom stereocenters. The molecule has 0 atom stereocenters. The van der Waals surface area contributed by atoms with Crippen LogP contribution in [0.2, 0.25) is 0 Å². The van der Waals surface area contributed by atoms with Crippen molar-refractivity contribution >= 4 is 11.0 Å². The number of piperidine rings is 1. The van der Waals surface area contributed by atoms with Crippen molar-refractivity contribution in [2.75, 3.05) is 13.1 Å². The number of alkyl halides is 3. The highest BCUT2D eigenvalue weighted by Gasteiger charge is 2.41. The van der Waals surface area contributed by atoms with Gasteiger partial charge in [0.05, 0.1) is 10.9 Å². The fourth-order valence-corrected chi connectivity index (χ4v) is 3.67. The van der Waals surface area contributed by atoms with Gasteiger partial charge in [-0.2, -0.15) is 13.2 Å². The quantitative estimate of drug-likeness (QED) is 0.622. The average Bonchev–Trinajstić information content (AvgIpc) is 2.72. The van der Waals surface area contributed by atoms with Gasteiger partial charge in [-0.25, -0.2) is 0 Å². The molecule has 3 aromatic rings. The molecular weight excluding hydrogens is 399 g/mol. The Balaban J connectivity index is 1.88. The summed E-state index contributed by atoms with van der Waals surface area (Å²) in [5.74, 6) is -2.56. The minimum Gasteiger partial charge on any atom is -0.507 e. The molecule has 1 saturated heterocycles. The van der Waals surface area contributed by atoms with Gasteiger partial charge in [0.1, 0.15) is 17.1 Å². The van der Waals surface area contributed by atoms with Crippen LogP contribution in [0.25, 0.3) is 11.0 Å². The molecule has 0 aliphatic carbocycles. The summed E-state index contributed by atoms with van der Waals surface area (Å²) in [7, 11) is 0. The zero-order chi connectivity index (χ0) is 21.3. The zero-order valence-electron chi connectivity index (χ0n) is 16.0. The topological polar surface area (TPSA) is 62.9 Å². The van der Waals surface area contributed by atoms with Crippen LogP contribution in [-0.4, -0.2) is 23.1 Å². The fourth-order valence-electron chi connectivity index (χ4n) is 3.67. The maximum atomic E-state index is 13.8. The predicted molar refractivity (Wildman–Crippen MR) is 105 cm³/mol. The lowest BCUT2D eigenvalue weighted by atomic mass is 10.1. The first-order chi connectivity index (χ1) is 14.3. The molecule has 8 heteroatoms. The monoisotopic (exact) mass is 419 g/mol. The molecule has 1 aliphatic heterocycles. The number of hydrogen-bond acceptors (Lipinski definition) is 5. The molecule has 158 valence electrons. The Morgan fingerprint density at radius 2 is 1.73 bits per heavy atom. The summed E-state index contributed by atoms with van der Waals surface area (Å²) in [6.45, 7) is 1.73. The Kier molecular flexibility index (Phi) is 5.42. The third-order valence-electron chi connectivity index (χ3n) is 5.15. The Bertz CT molecular complexity index is 1100. The summed E-state index contributed by atoms with van der Waals surface area (Å²) in [4.78, 5) is 15.0. The van der Waals surface area contributed by atoms with Crippen molar-refractivity contribution in [1.82, 2.24) is 4.90 Å². The number of phenols is 1. The molecular formula is C22H20F3NO4. The molecule has 1 aliphatic rings. The second kappa shape index (κ2) is 8.02. The van der Waals surface area contributed by atoms with Gasteiger partial charge in [0.15, 0.2) is 0 Å². The summed E-state index contributed by atoms with van der Waals surface area (Å²) < 4.78 is 51.8. The van der Waals surface area contributed by atoms with Crippen LogP contribution in [0, 0.1) is 0 Å². The van der Waals surface area contributed by atoms with Gasteiger partial charge in [0, 0.05) is 6.54 Å². The van der Waals surface area contributed by atoms with Crippen molar-refractivity contribution in [3.05, 3.63) is 64.0 Å². The second-order valence-corrected chi connectivity index (χ2v) is 7.28. The first-order valence-corrected chi connectivity index (χ1v) is 9.68. The van der Waals surface area contributed by atoms with E-state index >= 15 is 0 Å². The minimum atomic E-state index is -4.95. The Morgan fingerprint density at radius 3 is 2.40 bits per heavy atom. The number of fused-ring (bicyclic) bond motifs is 1. The van der Waals surface area contributed by atoms with Gasteiger partial charge in [0.2, 0.25) is 11.2 Å². The summed E-state index contributed by atoms with van der Waals surface area (Å²) in [6.07, 6.45) is -1.92. The number of likely N-dealkylation sites (tertiary alicyclic amines) is 1. The molecule has 5 nitrogen and oxygen atoms in total. The van der Waals surface area contributed by atoms with Gasteiger partial charge < -0.3 is 14.3 Å². The highest BCUT2D eigenvalue weighted by Crippen LogP contribution is 2.40. The molecule has 0 spiro atoms. The van der Waals surface area contributed by atoms with E-state index in [1.54, 1.807) is 18.2 Å². The third kappa shape index (κ3) is 4.00. The van der Waals surface area contributed by atoms with Gasteiger partial charge in [-0.1, -0.05) is 24.6 Å². The summed E-state index contributed by atoms with van der Waals surface area (Å²) >= 11 is 0. The van der Waals surface area contributed by atoms with Crippen molar-refractivity contribution in [1.29, 1.82) is 0 Å². The molecule has 30 heavy (non-hydrogen) atoms. The molecule has 1 fully saturated rings. The van der Waals surface area contributed by atoms with Crippen LogP contribution in [-0.2, 0) is 12.7 Å². The number of nitrogens with zero attached hydrogens (tertiary/aromatic N) is 1. The van der Waals surface area contributed by atoms with Crippen LogP contribution in [0.5, 0.6) is 17.2 Å². The van der Waals surface area contributed by atoms with Crippen LogP contribution >= 0.6 is 0 Å². The zero-order valence-corrected chi connectivity index (χ0v) is 16.0. The van der Waals surface area contributed by atoms with Crippen LogP contribution < -0.4 is 10.2 Å². The Labute approximate surface area is 170 Å². The van der Waals surface area contributed by atoms with Gasteiger partial charge in [-0.3, -0.25) is 9.69 Å². The normalized spacial score (nSPS) is 15.4. The molecule has 0 radical (unpaired) electrons. The molecule has 4 rings (SSSR count). The predicted octanol–water partition coefficient (Wildman–Crippen LogP) is 5.30. The lowest BCUT2D eigenvalue weighted by Gasteiger charge is -2.27. The largest absolute Gasteiger partial charge is 0.507 e. The highest BCUT2D eigenvalue weighted by molar-refractivity contribution is 5.83. The van der Waals surface area contributed by atoms with Gasteiger partial charge in [0.25, 0.3) is 5.76 Å². The van der Waals surface area contributed by atoms with E-state index in [1.165, 1.54) is 24.3 Å². The van der Waals surface area contributed by atoms with Crippen molar-refractivity contribution < 1.29 is 27.4 Å². The lowest BCUT2D eigenvalue weighted by molar-refractivity contribution is -0.154. The fraction of sp³-hybridized carbons (Fsp3) is 0.318. The Morgan fingerprint density at radius 1 is 1.03 bits per heavy atom. The number of hydrogen-bond donors (Lipinski definition) is 1. The number of phenolic OH excluding ortho intramolecular Hbond substituents is 1. The van der Waals surface area contributed by atoms with E-state index in [1.807, 2.05) is 4.90 Å². The van der Waals surface area contributed by atoms with E-state index in [4.69, 9.17) is 9.15 Å². The standard InChI is InChI=1S/C22H20F3NO4/c23-22(24,25)21-20(29-14-7-3-1-4-8-14)18(28)15-9-10-17(27)16(19(15)30-21)13-26-11-5-2-6-12-26/h1,3-4,7-10,27H,2,5-6,11-13H2. The number of aromatic hydroxyl groups is 1. The Hall–Kier alpha value is -3.00. The van der Waals surface area contributed by atoms with Crippen LogP contribution in [0.15, 0.2) is 51.7 Å². The summed E-state index contributed by atoms with van der Waals surface area (Å²) in [5.41, 5.74) is -1.03. The van der Waals surface area contributed by atoms with E-state index in [-0.39, 0.29) is 34.6 Å². The van der Waals surface area contributed by atoms with Crippen LogP contribution in [0.3, 0.4) is 0 Å². The van der Waals surface area contributed by atoms with Gasteiger partial charge >= 0.3 is 6.18 Å². The van der Waals surface area contributed by atoms with Crippen molar-refractivity contribution in [2.24, 2.45) is 0 Å². The van der Waals surface area contributed by atoms with E-state index in [0.717, 1.165) is 32.4 Å². The number of halogens is 3. The van der Waals surface area contributed by atoms with Gasteiger partial charge in [-0.05, 0) is 50.2 Å². The van der Waals surface area contributed by atoms with Crippen LogP contribution in [0.1, 0.15) is 30.6 Å². The first kappa shape index (κ1) is 20.3. The molecule has 0 amide bonds. The molecule has 2 heterocycles. The van der Waals surface area contributed by atoms with Crippen molar-refractivity contribution in [3.63, 3.8) is 0 Å². The smallest absolute Gasteiger partial charge is 0.453 e. The minimum absolute atomic E-state index is 0.0706. The molecule has 0 saturated carbocycles. The second-order valence-electron chi connectivity index (χ2n) is 7.28. The molecule has 2 aromatic carbocycles. The molecule has 1 N–H and O–H groups in total. The SMILES string of the molecule is O=c1c(Oc2ccccc2)c(C(F)(F)F)oc2c(CN3CCCCC3)c(O)ccc12. The van der Waals surface area contributed by atoms with E-state index in [0.29, 0.717) is 0 Å². The number of rotatable bonds is 4. The average molecular weight is 419 g/mol. The summed E-state index contributed by atoms with van der Waals surface area (Å²) in [5, 5.41) is 10.3.